The van der Waals surface area contributed by atoms with Crippen LogP contribution in [0.25, 0.3) is 0 Å². The zero-order valence-corrected chi connectivity index (χ0v) is 12.8. The van der Waals surface area contributed by atoms with Crippen molar-refractivity contribution < 1.29 is 13.2 Å². The number of sulfonamides is 1. The molecule has 0 aliphatic carbocycles. The minimum atomic E-state index is -3.67. The molecular weight excluding hydrogens is 353 g/mol. The van der Waals surface area contributed by atoms with Crippen LogP contribution >= 0.6 is 39.1 Å². The van der Waals surface area contributed by atoms with Gasteiger partial charge < -0.3 is 4.74 Å². The Kier molecular flexibility index (Phi) is 5.69. The van der Waals surface area contributed by atoms with Gasteiger partial charge in [0.05, 0.1) is 16.7 Å². The van der Waals surface area contributed by atoms with E-state index in [0.29, 0.717) is 4.47 Å². The molecule has 17 heavy (non-hydrogen) atoms. The molecule has 0 radical (unpaired) electrons. The lowest BCUT2D eigenvalue weighted by atomic mass is 10.4. The summed E-state index contributed by atoms with van der Waals surface area (Å²) in [6, 6.07) is 2.73. The number of benzene rings is 1. The maximum absolute atomic E-state index is 11.9. The van der Waals surface area contributed by atoms with Crippen LogP contribution in [0, 0.1) is 0 Å². The molecule has 8 heteroatoms. The Morgan fingerprint density at radius 3 is 2.59 bits per heavy atom. The number of nitrogens with one attached hydrogen (secondary N) is 1. The summed E-state index contributed by atoms with van der Waals surface area (Å²) in [6.07, 6.45) is 0. The van der Waals surface area contributed by atoms with E-state index in [4.69, 9.17) is 27.9 Å². The molecule has 1 aromatic rings. The first-order valence-corrected chi connectivity index (χ1v) is 7.55. The minimum Gasteiger partial charge on any atom is -0.383 e. The molecule has 0 aliphatic heterocycles. The zero-order valence-electron chi connectivity index (χ0n) is 8.84. The summed E-state index contributed by atoms with van der Waals surface area (Å²) in [6.45, 7) is 0.448. The molecule has 0 atom stereocenters. The highest BCUT2D eigenvalue weighted by molar-refractivity contribution is 9.10. The third kappa shape index (κ3) is 4.08. The zero-order chi connectivity index (χ0) is 13.1. The SMILES string of the molecule is COCCNS(=O)(=O)c1cc(Cl)c(Br)cc1Cl. The summed E-state index contributed by atoms with van der Waals surface area (Å²) in [5.41, 5.74) is 0. The number of halogens is 3. The molecule has 0 saturated carbocycles. The van der Waals surface area contributed by atoms with Gasteiger partial charge in [0.15, 0.2) is 0 Å². The van der Waals surface area contributed by atoms with Gasteiger partial charge in [-0.25, -0.2) is 13.1 Å². The smallest absolute Gasteiger partial charge is 0.242 e. The van der Waals surface area contributed by atoms with E-state index in [1.165, 1.54) is 19.2 Å². The molecule has 0 spiro atoms. The Morgan fingerprint density at radius 2 is 2.00 bits per heavy atom. The van der Waals surface area contributed by atoms with Gasteiger partial charge in [-0.1, -0.05) is 23.2 Å². The van der Waals surface area contributed by atoms with E-state index >= 15 is 0 Å². The molecule has 96 valence electrons. The molecule has 4 nitrogen and oxygen atoms in total. The van der Waals surface area contributed by atoms with Gasteiger partial charge in [-0.2, -0.15) is 0 Å². The predicted octanol–water partition coefficient (Wildman–Crippen LogP) is 2.68. The van der Waals surface area contributed by atoms with Crippen molar-refractivity contribution in [3.8, 4) is 0 Å². The topological polar surface area (TPSA) is 55.4 Å². The van der Waals surface area contributed by atoms with Crippen molar-refractivity contribution in [2.24, 2.45) is 0 Å². The molecule has 0 bridgehead atoms. The maximum Gasteiger partial charge on any atom is 0.242 e. The van der Waals surface area contributed by atoms with Crippen LogP contribution in [0.5, 0.6) is 0 Å². The summed E-state index contributed by atoms with van der Waals surface area (Å²) in [4.78, 5) is -0.0523. The Bertz CT molecular complexity index is 507. The summed E-state index contributed by atoms with van der Waals surface area (Å²) in [5.74, 6) is 0. The molecule has 0 unspecified atom stereocenters. The number of hydrogen-bond acceptors (Lipinski definition) is 3. The highest BCUT2D eigenvalue weighted by Gasteiger charge is 2.19. The van der Waals surface area contributed by atoms with E-state index in [2.05, 4.69) is 20.7 Å². The van der Waals surface area contributed by atoms with Gasteiger partial charge in [0.2, 0.25) is 10.0 Å². The van der Waals surface area contributed by atoms with Crippen molar-refractivity contribution in [2.45, 2.75) is 4.90 Å². The fraction of sp³-hybridized carbons (Fsp3) is 0.333. The second kappa shape index (κ2) is 6.36. The lowest BCUT2D eigenvalue weighted by molar-refractivity contribution is 0.204. The molecule has 0 aromatic heterocycles. The first kappa shape index (κ1) is 15.2. The van der Waals surface area contributed by atoms with E-state index in [9.17, 15) is 8.42 Å². The highest BCUT2D eigenvalue weighted by Crippen LogP contribution is 2.31. The van der Waals surface area contributed by atoms with Crippen molar-refractivity contribution in [1.29, 1.82) is 0 Å². The summed E-state index contributed by atoms with van der Waals surface area (Å²) in [7, 11) is -2.19. The molecule has 0 fully saturated rings. The van der Waals surface area contributed by atoms with Crippen LogP contribution in [-0.2, 0) is 14.8 Å². The van der Waals surface area contributed by atoms with Crippen LogP contribution in [0.1, 0.15) is 0 Å². The van der Waals surface area contributed by atoms with E-state index in [1.807, 2.05) is 0 Å². The van der Waals surface area contributed by atoms with Crippen LogP contribution in [0.15, 0.2) is 21.5 Å². The second-order valence-corrected chi connectivity index (χ2v) is 6.49. The molecule has 0 aliphatic rings. The second-order valence-electron chi connectivity index (χ2n) is 3.09. The van der Waals surface area contributed by atoms with Crippen LogP contribution in [-0.4, -0.2) is 28.7 Å². The number of rotatable bonds is 5. The van der Waals surface area contributed by atoms with Gasteiger partial charge in [0.25, 0.3) is 0 Å². The Balaban J connectivity index is 3.03. The van der Waals surface area contributed by atoms with Crippen LogP contribution < -0.4 is 4.72 Å². The predicted molar refractivity (Wildman–Crippen MR) is 71.2 cm³/mol. The van der Waals surface area contributed by atoms with Gasteiger partial charge in [-0.15, -0.1) is 0 Å². The molecule has 0 heterocycles. The van der Waals surface area contributed by atoms with Gasteiger partial charge in [-0.3, -0.25) is 0 Å². The number of hydrogen-bond donors (Lipinski definition) is 1. The van der Waals surface area contributed by atoms with Gasteiger partial charge in [0, 0.05) is 18.1 Å². The summed E-state index contributed by atoms with van der Waals surface area (Å²) < 4.78 is 31.4. The fourth-order valence-electron chi connectivity index (χ4n) is 1.07. The molecular formula is C9H10BrCl2NO3S. The minimum absolute atomic E-state index is 0.0523. The number of ether oxygens (including phenoxy) is 1. The van der Waals surface area contributed by atoms with E-state index in [-0.39, 0.29) is 28.1 Å². The molecule has 1 aromatic carbocycles. The highest BCUT2D eigenvalue weighted by atomic mass is 79.9. The number of methoxy groups -OCH3 is 1. The molecule has 1 N–H and O–H groups in total. The van der Waals surface area contributed by atoms with Crippen LogP contribution in [0.4, 0.5) is 0 Å². The van der Waals surface area contributed by atoms with E-state index < -0.39 is 10.0 Å². The van der Waals surface area contributed by atoms with E-state index in [0.717, 1.165) is 0 Å². The fourth-order valence-corrected chi connectivity index (χ4v) is 3.33. The molecule has 0 amide bonds. The third-order valence-corrected chi connectivity index (χ3v) is 4.99. The molecule has 1 rings (SSSR count). The van der Waals surface area contributed by atoms with Gasteiger partial charge >= 0.3 is 0 Å². The van der Waals surface area contributed by atoms with Gasteiger partial charge in [0.1, 0.15) is 4.90 Å². The molecule has 0 saturated heterocycles. The maximum atomic E-state index is 11.9. The Morgan fingerprint density at radius 1 is 1.35 bits per heavy atom. The average Bonchev–Trinajstić information content (AvgIpc) is 2.23. The van der Waals surface area contributed by atoms with Crippen molar-refractivity contribution in [3.05, 3.63) is 26.7 Å². The summed E-state index contributed by atoms with van der Waals surface area (Å²) >= 11 is 14.8. The van der Waals surface area contributed by atoms with Crippen LogP contribution in [0.2, 0.25) is 10.0 Å². The largest absolute Gasteiger partial charge is 0.383 e. The average molecular weight is 363 g/mol. The van der Waals surface area contributed by atoms with Crippen molar-refractivity contribution in [1.82, 2.24) is 4.72 Å². The van der Waals surface area contributed by atoms with Crippen molar-refractivity contribution in [2.75, 3.05) is 20.3 Å². The lowest BCUT2D eigenvalue weighted by Crippen LogP contribution is -2.27. The quantitative estimate of drug-likeness (QED) is 0.647. The Hall–Kier alpha value is 0.150. The monoisotopic (exact) mass is 361 g/mol. The summed E-state index contributed by atoms with van der Waals surface area (Å²) in [5, 5.41) is 0.382. The van der Waals surface area contributed by atoms with E-state index in [1.54, 1.807) is 0 Å². The standard InChI is InChI=1S/C9H10BrCl2NO3S/c1-16-3-2-13-17(14,15)9-5-7(11)6(10)4-8(9)12/h4-5,13H,2-3H2,1H3. The first-order chi connectivity index (χ1) is 7.88. The lowest BCUT2D eigenvalue weighted by Gasteiger charge is -2.09. The van der Waals surface area contributed by atoms with Crippen LogP contribution in [0.3, 0.4) is 0 Å². The first-order valence-electron chi connectivity index (χ1n) is 4.51. The van der Waals surface area contributed by atoms with Crippen molar-refractivity contribution >= 4 is 49.2 Å². The van der Waals surface area contributed by atoms with Crippen molar-refractivity contribution in [3.63, 3.8) is 0 Å². The third-order valence-electron chi connectivity index (χ3n) is 1.86. The normalized spacial score (nSPS) is 11.8. The Labute approximate surface area is 118 Å². The van der Waals surface area contributed by atoms with Gasteiger partial charge in [-0.05, 0) is 28.1 Å².